The maximum atomic E-state index is 13.3. The van der Waals surface area contributed by atoms with E-state index in [1.54, 1.807) is 23.7 Å². The van der Waals surface area contributed by atoms with Crippen LogP contribution in [0, 0.1) is 19.8 Å². The third-order valence-electron chi connectivity index (χ3n) is 6.66. The highest BCUT2D eigenvalue weighted by Gasteiger charge is 2.29. The fraction of sp³-hybridized carbons (Fsp3) is 0.400. The Bertz CT molecular complexity index is 1280. The fourth-order valence-electron chi connectivity index (χ4n) is 4.92. The molecule has 1 aliphatic rings. The summed E-state index contributed by atoms with van der Waals surface area (Å²) in [5, 5.41) is 12.7. The fourth-order valence-corrected chi connectivity index (χ4v) is 6.55. The molecule has 0 N–H and O–H groups in total. The first-order chi connectivity index (χ1) is 16.5. The van der Waals surface area contributed by atoms with Crippen molar-refractivity contribution < 1.29 is 4.79 Å². The van der Waals surface area contributed by atoms with Crippen LogP contribution in [-0.2, 0) is 0 Å². The van der Waals surface area contributed by atoms with Gasteiger partial charge < -0.3 is 0 Å². The number of pyridine rings is 1. The Hall–Kier alpha value is -2.78. The van der Waals surface area contributed by atoms with E-state index in [1.165, 1.54) is 31.0 Å². The number of hydrogen-bond donors (Lipinski definition) is 0. The molecule has 2 atom stereocenters. The lowest BCUT2D eigenvalue weighted by Crippen LogP contribution is -2.22. The molecule has 4 heterocycles. The van der Waals surface area contributed by atoms with Gasteiger partial charge >= 0.3 is 0 Å². The second kappa shape index (κ2) is 9.84. The van der Waals surface area contributed by atoms with Crippen LogP contribution in [0.3, 0.4) is 0 Å². The van der Waals surface area contributed by atoms with Gasteiger partial charge in [-0.2, -0.15) is 0 Å². The zero-order valence-corrected chi connectivity index (χ0v) is 21.3. The van der Waals surface area contributed by atoms with Crippen molar-refractivity contribution in [2.75, 3.05) is 5.75 Å². The summed E-state index contributed by atoms with van der Waals surface area (Å²) >= 11 is 3.05. The van der Waals surface area contributed by atoms with Gasteiger partial charge in [-0.1, -0.05) is 31.5 Å². The lowest BCUT2D eigenvalue weighted by molar-refractivity contribution is 0.102. The second-order valence-electron chi connectivity index (χ2n) is 8.89. The summed E-state index contributed by atoms with van der Waals surface area (Å²) in [5.41, 5.74) is 3.64. The summed E-state index contributed by atoms with van der Waals surface area (Å²) in [7, 11) is 0. The predicted octanol–water partition coefficient (Wildman–Crippen LogP) is 5.93. The highest BCUT2D eigenvalue weighted by atomic mass is 32.2. The molecule has 0 spiro atoms. The maximum Gasteiger partial charge on any atom is 0.193 e. The summed E-state index contributed by atoms with van der Waals surface area (Å²) in [5.74, 6) is 1.78. The molecular weight excluding hydrogens is 464 g/mol. The molecule has 0 radical (unpaired) electrons. The third kappa shape index (κ3) is 4.34. The molecule has 0 bridgehead atoms. The van der Waals surface area contributed by atoms with E-state index in [2.05, 4.69) is 36.2 Å². The van der Waals surface area contributed by atoms with Crippen LogP contribution in [0.2, 0.25) is 0 Å². The SMILES string of the molecule is Cc1cc(C(=O)CSc2nnc(-c3cccnc3)n2[C@@H]2CCCC[C@H]2C)c(C)n1-c1nccs1. The molecule has 4 aromatic rings. The Labute approximate surface area is 207 Å². The largest absolute Gasteiger partial charge is 0.299 e. The summed E-state index contributed by atoms with van der Waals surface area (Å²) in [4.78, 5) is 22.0. The van der Waals surface area contributed by atoms with Crippen molar-refractivity contribution in [3.8, 4) is 16.5 Å². The van der Waals surface area contributed by atoms with Gasteiger partial charge in [-0.15, -0.1) is 21.5 Å². The van der Waals surface area contributed by atoms with Gasteiger partial charge in [0, 0.05) is 52.5 Å². The summed E-state index contributed by atoms with van der Waals surface area (Å²) in [6, 6.07) is 6.24. The smallest absolute Gasteiger partial charge is 0.193 e. The number of ketones is 1. The van der Waals surface area contributed by atoms with Crippen molar-refractivity contribution in [2.24, 2.45) is 5.92 Å². The van der Waals surface area contributed by atoms with Crippen LogP contribution >= 0.6 is 23.1 Å². The number of rotatable bonds is 7. The Kier molecular flexibility index (Phi) is 6.65. The van der Waals surface area contributed by atoms with Crippen LogP contribution in [0.4, 0.5) is 0 Å². The maximum absolute atomic E-state index is 13.3. The number of thiazole rings is 1. The molecule has 1 fully saturated rings. The first kappa shape index (κ1) is 23.0. The van der Waals surface area contributed by atoms with E-state index in [0.29, 0.717) is 17.7 Å². The zero-order chi connectivity index (χ0) is 23.7. The highest BCUT2D eigenvalue weighted by molar-refractivity contribution is 7.99. The van der Waals surface area contributed by atoms with E-state index < -0.39 is 0 Å². The van der Waals surface area contributed by atoms with E-state index in [0.717, 1.165) is 45.0 Å². The third-order valence-corrected chi connectivity index (χ3v) is 8.36. The number of aryl methyl sites for hydroxylation is 1. The number of nitrogens with zero attached hydrogens (tertiary/aromatic N) is 6. The second-order valence-corrected chi connectivity index (χ2v) is 10.7. The van der Waals surface area contributed by atoms with Crippen LogP contribution in [0.15, 0.2) is 47.3 Å². The molecule has 1 aliphatic carbocycles. The predicted molar refractivity (Wildman–Crippen MR) is 136 cm³/mol. The van der Waals surface area contributed by atoms with Gasteiger partial charge in [0.1, 0.15) is 0 Å². The summed E-state index contributed by atoms with van der Waals surface area (Å²) in [6.45, 7) is 6.31. The van der Waals surface area contributed by atoms with Crippen LogP contribution in [0.25, 0.3) is 16.5 Å². The molecular formula is C25H28N6OS2. The minimum atomic E-state index is 0.0927. The summed E-state index contributed by atoms with van der Waals surface area (Å²) < 4.78 is 4.31. The van der Waals surface area contributed by atoms with Crippen molar-refractivity contribution in [2.45, 2.75) is 57.7 Å². The van der Waals surface area contributed by atoms with Gasteiger partial charge in [-0.05, 0) is 50.8 Å². The molecule has 0 amide bonds. The van der Waals surface area contributed by atoms with Gasteiger partial charge in [0.2, 0.25) is 0 Å². The first-order valence-electron chi connectivity index (χ1n) is 11.6. The monoisotopic (exact) mass is 492 g/mol. The van der Waals surface area contributed by atoms with Gasteiger partial charge in [-0.25, -0.2) is 4.98 Å². The van der Waals surface area contributed by atoms with Gasteiger partial charge in [0.15, 0.2) is 21.9 Å². The molecule has 7 nitrogen and oxygen atoms in total. The van der Waals surface area contributed by atoms with Gasteiger partial charge in [0.25, 0.3) is 0 Å². The Morgan fingerprint density at radius 2 is 2.06 bits per heavy atom. The highest BCUT2D eigenvalue weighted by Crippen LogP contribution is 2.39. The lowest BCUT2D eigenvalue weighted by atomic mass is 9.85. The number of carbonyl (C=O) groups is 1. The number of aromatic nitrogens is 6. The Balaban J connectivity index is 1.42. The molecule has 1 saturated carbocycles. The van der Waals surface area contributed by atoms with Crippen LogP contribution < -0.4 is 0 Å². The molecule has 176 valence electrons. The molecule has 9 heteroatoms. The standard InChI is InChI=1S/C25H28N6OS2/c1-16-7-4-5-9-21(16)31-23(19-8-6-10-26-14-19)28-29-25(31)34-15-22(32)20-13-17(2)30(18(20)3)24-27-11-12-33-24/h6,8,10-14,16,21H,4-5,7,9,15H2,1-3H3/t16-,21-/m1/s1. The van der Waals surface area contributed by atoms with Crippen molar-refractivity contribution >= 4 is 28.9 Å². The molecule has 5 rings (SSSR count). The Morgan fingerprint density at radius 1 is 1.21 bits per heavy atom. The van der Waals surface area contributed by atoms with Crippen molar-refractivity contribution in [1.29, 1.82) is 0 Å². The molecule has 34 heavy (non-hydrogen) atoms. The Morgan fingerprint density at radius 3 is 2.79 bits per heavy atom. The van der Waals surface area contributed by atoms with E-state index in [4.69, 9.17) is 0 Å². The quantitative estimate of drug-likeness (QED) is 0.235. The topological polar surface area (TPSA) is 78.5 Å². The molecule has 0 unspecified atom stereocenters. The van der Waals surface area contributed by atoms with E-state index in [-0.39, 0.29) is 5.78 Å². The van der Waals surface area contributed by atoms with Gasteiger partial charge in [-0.3, -0.25) is 18.9 Å². The number of hydrogen-bond acceptors (Lipinski definition) is 7. The first-order valence-corrected chi connectivity index (χ1v) is 13.5. The average Bonchev–Trinajstić information content (AvgIpc) is 3.58. The van der Waals surface area contributed by atoms with Crippen LogP contribution in [0.5, 0.6) is 0 Å². The molecule has 0 aromatic carbocycles. The number of thioether (sulfide) groups is 1. The molecule has 4 aromatic heterocycles. The van der Waals surface area contributed by atoms with Crippen molar-refractivity contribution in [3.05, 3.63) is 59.1 Å². The lowest BCUT2D eigenvalue weighted by Gasteiger charge is -2.31. The van der Waals surface area contributed by atoms with Crippen LogP contribution in [-0.4, -0.2) is 40.8 Å². The summed E-state index contributed by atoms with van der Waals surface area (Å²) in [6.07, 6.45) is 10.1. The molecule has 0 aliphatic heterocycles. The zero-order valence-electron chi connectivity index (χ0n) is 19.6. The number of Topliss-reactive ketones (excluding diaryl/α,β-unsaturated/α-hetero) is 1. The van der Waals surface area contributed by atoms with E-state index >= 15 is 0 Å². The van der Waals surface area contributed by atoms with Crippen molar-refractivity contribution in [1.82, 2.24) is 29.3 Å². The molecule has 0 saturated heterocycles. The normalized spacial score (nSPS) is 18.3. The van der Waals surface area contributed by atoms with Crippen LogP contribution in [0.1, 0.15) is 60.4 Å². The van der Waals surface area contributed by atoms with Crippen molar-refractivity contribution in [3.63, 3.8) is 0 Å². The number of carbonyl (C=O) groups excluding carboxylic acids is 1. The van der Waals surface area contributed by atoms with Gasteiger partial charge in [0.05, 0.1) is 5.75 Å². The average molecular weight is 493 g/mol. The van der Waals surface area contributed by atoms with E-state index in [1.807, 2.05) is 43.6 Å². The minimum Gasteiger partial charge on any atom is -0.299 e. The minimum absolute atomic E-state index is 0.0927. The van der Waals surface area contributed by atoms with E-state index in [9.17, 15) is 4.79 Å².